The van der Waals surface area contributed by atoms with Gasteiger partial charge in [-0.1, -0.05) is 41.7 Å². The number of hydrogen-bond acceptors (Lipinski definition) is 1. The van der Waals surface area contributed by atoms with Crippen molar-refractivity contribution in [3.8, 4) is 11.8 Å². The number of rotatable bonds is 2. The van der Waals surface area contributed by atoms with E-state index >= 15 is 0 Å². The molecule has 0 fully saturated rings. The Morgan fingerprint density at radius 1 is 1.15 bits per heavy atom. The summed E-state index contributed by atoms with van der Waals surface area (Å²) in [6.07, 6.45) is 0.849. The topological polar surface area (TPSA) is 12.0 Å². The molecule has 1 aromatic rings. The Labute approximate surface area is 80.2 Å². The molecule has 68 valence electrons. The first kappa shape index (κ1) is 9.83. The van der Waals surface area contributed by atoms with E-state index in [1.165, 1.54) is 11.1 Å². The van der Waals surface area contributed by atoms with Crippen LogP contribution < -0.4 is 5.32 Å². The van der Waals surface area contributed by atoms with E-state index in [0.717, 1.165) is 13.0 Å². The normalized spacial score (nSPS) is 9.08. The largest absolute Gasteiger partial charge is 0.309 e. The van der Waals surface area contributed by atoms with Gasteiger partial charge in [-0.25, -0.2) is 0 Å². The second kappa shape index (κ2) is 5.40. The minimum Gasteiger partial charge on any atom is -0.309 e. The van der Waals surface area contributed by atoms with E-state index in [-0.39, 0.29) is 0 Å². The van der Waals surface area contributed by atoms with Crippen molar-refractivity contribution < 1.29 is 0 Å². The van der Waals surface area contributed by atoms with Gasteiger partial charge in [-0.15, -0.1) is 0 Å². The van der Waals surface area contributed by atoms with Crippen LogP contribution in [0.3, 0.4) is 0 Å². The molecule has 0 aromatic heterocycles. The van der Waals surface area contributed by atoms with Gasteiger partial charge in [-0.05, 0) is 19.5 Å². The Balaban J connectivity index is 2.47. The van der Waals surface area contributed by atoms with Gasteiger partial charge in [0.2, 0.25) is 0 Å². The van der Waals surface area contributed by atoms with Gasteiger partial charge in [0, 0.05) is 6.42 Å². The summed E-state index contributed by atoms with van der Waals surface area (Å²) in [5, 5.41) is 2.99. The minimum atomic E-state index is 0.770. The molecule has 0 aliphatic carbocycles. The van der Waals surface area contributed by atoms with Crippen molar-refractivity contribution in [3.63, 3.8) is 0 Å². The summed E-state index contributed by atoms with van der Waals surface area (Å²) >= 11 is 0. The second-order valence-corrected chi connectivity index (χ2v) is 3.05. The number of nitrogens with one attached hydrogen (secondary N) is 1. The fourth-order valence-corrected chi connectivity index (χ4v) is 1.02. The molecule has 0 amide bonds. The Bertz CT molecular complexity index is 300. The van der Waals surface area contributed by atoms with Gasteiger partial charge in [-0.2, -0.15) is 0 Å². The van der Waals surface area contributed by atoms with Crippen molar-refractivity contribution in [1.29, 1.82) is 0 Å². The monoisotopic (exact) mass is 173 g/mol. The zero-order valence-corrected chi connectivity index (χ0v) is 8.22. The van der Waals surface area contributed by atoms with E-state index in [9.17, 15) is 0 Å². The van der Waals surface area contributed by atoms with E-state index in [1.54, 1.807) is 0 Å². The quantitative estimate of drug-likeness (QED) is 0.672. The van der Waals surface area contributed by atoms with Gasteiger partial charge >= 0.3 is 0 Å². The molecule has 0 bridgehead atoms. The predicted molar refractivity (Wildman–Crippen MR) is 56.6 cm³/mol. The summed E-state index contributed by atoms with van der Waals surface area (Å²) in [6.45, 7) is 2.86. The first-order valence-corrected chi connectivity index (χ1v) is 4.49. The SMILES string of the molecule is CNCC#CCc1ccc(C)cc1. The molecule has 1 nitrogen and oxygen atoms in total. The smallest absolute Gasteiger partial charge is 0.0574 e. The lowest BCUT2D eigenvalue weighted by atomic mass is 10.1. The van der Waals surface area contributed by atoms with Crippen molar-refractivity contribution in [3.05, 3.63) is 35.4 Å². The van der Waals surface area contributed by atoms with Crippen LogP contribution in [0, 0.1) is 18.8 Å². The number of hydrogen-bond donors (Lipinski definition) is 1. The summed E-state index contributed by atoms with van der Waals surface area (Å²) in [4.78, 5) is 0. The summed E-state index contributed by atoms with van der Waals surface area (Å²) in [6, 6.07) is 8.50. The number of benzene rings is 1. The Morgan fingerprint density at radius 2 is 1.85 bits per heavy atom. The molecule has 1 rings (SSSR count). The first-order chi connectivity index (χ1) is 6.33. The molecule has 0 saturated heterocycles. The van der Waals surface area contributed by atoms with Gasteiger partial charge < -0.3 is 5.32 Å². The minimum absolute atomic E-state index is 0.770. The van der Waals surface area contributed by atoms with Crippen molar-refractivity contribution in [2.45, 2.75) is 13.3 Å². The van der Waals surface area contributed by atoms with Gasteiger partial charge in [0.15, 0.2) is 0 Å². The third kappa shape index (κ3) is 3.78. The molecule has 0 unspecified atom stereocenters. The third-order valence-corrected chi connectivity index (χ3v) is 1.80. The molecular weight excluding hydrogens is 158 g/mol. The highest BCUT2D eigenvalue weighted by Gasteiger charge is 1.87. The van der Waals surface area contributed by atoms with E-state index in [1.807, 2.05) is 7.05 Å². The summed E-state index contributed by atoms with van der Waals surface area (Å²) in [5.41, 5.74) is 2.58. The predicted octanol–water partition coefficient (Wildman–Crippen LogP) is 1.76. The Hall–Kier alpha value is -1.26. The molecule has 1 N–H and O–H groups in total. The molecule has 0 atom stereocenters. The van der Waals surface area contributed by atoms with Crippen LogP contribution in [0.5, 0.6) is 0 Å². The van der Waals surface area contributed by atoms with E-state index in [2.05, 4.69) is 48.3 Å². The van der Waals surface area contributed by atoms with Crippen molar-refractivity contribution >= 4 is 0 Å². The van der Waals surface area contributed by atoms with Gasteiger partial charge in [0.05, 0.1) is 6.54 Å². The lowest BCUT2D eigenvalue weighted by Gasteiger charge is -1.95. The molecule has 1 aromatic carbocycles. The van der Waals surface area contributed by atoms with Gasteiger partial charge in [0.1, 0.15) is 0 Å². The van der Waals surface area contributed by atoms with Crippen LogP contribution in [-0.2, 0) is 6.42 Å². The molecule has 0 radical (unpaired) electrons. The lowest BCUT2D eigenvalue weighted by Crippen LogP contribution is -2.04. The van der Waals surface area contributed by atoms with Gasteiger partial charge in [-0.3, -0.25) is 0 Å². The summed E-state index contributed by atoms with van der Waals surface area (Å²) in [5.74, 6) is 6.15. The molecule has 1 heteroatoms. The van der Waals surface area contributed by atoms with E-state index in [0.29, 0.717) is 0 Å². The summed E-state index contributed by atoms with van der Waals surface area (Å²) < 4.78 is 0. The Kier molecular flexibility index (Phi) is 4.08. The standard InChI is InChI=1S/C12H15N/c1-11-6-8-12(9-7-11)5-3-4-10-13-2/h6-9,13H,5,10H2,1-2H3. The molecule has 0 saturated carbocycles. The zero-order chi connectivity index (χ0) is 9.52. The molecule has 0 aliphatic rings. The van der Waals surface area contributed by atoms with Crippen LogP contribution in [0.2, 0.25) is 0 Å². The zero-order valence-electron chi connectivity index (χ0n) is 8.22. The van der Waals surface area contributed by atoms with Crippen LogP contribution in [0.15, 0.2) is 24.3 Å². The summed E-state index contributed by atoms with van der Waals surface area (Å²) in [7, 11) is 1.90. The molecule has 0 aliphatic heterocycles. The molecular formula is C12H15N. The van der Waals surface area contributed by atoms with Crippen LogP contribution in [0.4, 0.5) is 0 Å². The van der Waals surface area contributed by atoms with Crippen LogP contribution in [0.25, 0.3) is 0 Å². The highest BCUT2D eigenvalue weighted by atomic mass is 14.8. The number of aryl methyl sites for hydroxylation is 1. The molecule has 0 heterocycles. The Morgan fingerprint density at radius 3 is 2.46 bits per heavy atom. The maximum atomic E-state index is 3.11. The highest BCUT2D eigenvalue weighted by molar-refractivity contribution is 5.25. The third-order valence-electron chi connectivity index (χ3n) is 1.80. The van der Waals surface area contributed by atoms with Gasteiger partial charge in [0.25, 0.3) is 0 Å². The maximum absolute atomic E-state index is 3.11. The fraction of sp³-hybridized carbons (Fsp3) is 0.333. The molecule has 13 heavy (non-hydrogen) atoms. The molecule has 0 spiro atoms. The fourth-order valence-electron chi connectivity index (χ4n) is 1.02. The average Bonchev–Trinajstić information content (AvgIpc) is 2.15. The first-order valence-electron chi connectivity index (χ1n) is 4.49. The maximum Gasteiger partial charge on any atom is 0.0574 e. The second-order valence-electron chi connectivity index (χ2n) is 3.05. The van der Waals surface area contributed by atoms with E-state index in [4.69, 9.17) is 0 Å². The average molecular weight is 173 g/mol. The highest BCUT2D eigenvalue weighted by Crippen LogP contribution is 2.02. The van der Waals surface area contributed by atoms with Crippen molar-refractivity contribution in [2.24, 2.45) is 0 Å². The van der Waals surface area contributed by atoms with E-state index < -0.39 is 0 Å². The lowest BCUT2D eigenvalue weighted by molar-refractivity contribution is 0.937. The van der Waals surface area contributed by atoms with Crippen molar-refractivity contribution in [1.82, 2.24) is 5.32 Å². The van der Waals surface area contributed by atoms with Crippen LogP contribution >= 0.6 is 0 Å². The van der Waals surface area contributed by atoms with Crippen molar-refractivity contribution in [2.75, 3.05) is 13.6 Å². The van der Waals surface area contributed by atoms with Crippen LogP contribution in [-0.4, -0.2) is 13.6 Å². The van der Waals surface area contributed by atoms with Crippen LogP contribution in [0.1, 0.15) is 11.1 Å².